The third-order valence-electron chi connectivity index (χ3n) is 6.91. The Morgan fingerprint density at radius 2 is 1.54 bits per heavy atom. The average molecular weight is 514 g/mol. The molecule has 0 aromatic heterocycles. The zero-order valence-electron chi connectivity index (χ0n) is 21.2. The molecule has 2 bridgehead atoms. The number of carbonyl (C=O) groups excluding carboxylic acids is 1. The first kappa shape index (κ1) is 29.7. The normalized spacial score (nSPS) is 22.8. The van der Waals surface area contributed by atoms with Crippen LogP contribution in [0.4, 0.5) is 0 Å². The van der Waals surface area contributed by atoms with E-state index >= 15 is 0 Å². The molecule has 2 N–H and O–H groups in total. The zero-order chi connectivity index (χ0) is 25.7. The third-order valence-corrected chi connectivity index (χ3v) is 7.37. The fraction of sp³-hybridized carbons (Fsp3) is 0.731. The van der Waals surface area contributed by atoms with Gasteiger partial charge >= 0.3 is 16.4 Å². The summed E-state index contributed by atoms with van der Waals surface area (Å²) in [5.74, 6) is -0.523. The quantitative estimate of drug-likeness (QED) is 0.219. The Labute approximate surface area is 211 Å². The highest BCUT2D eigenvalue weighted by Crippen LogP contribution is 2.35. The minimum absolute atomic E-state index is 0.0467. The molecule has 2 unspecified atom stereocenters. The van der Waals surface area contributed by atoms with Gasteiger partial charge in [0, 0.05) is 12.1 Å². The van der Waals surface area contributed by atoms with Crippen LogP contribution in [0.2, 0.25) is 0 Å². The number of fused-ring (bicyclic) bond motifs is 2. The molecule has 1 aromatic rings. The molecule has 1 aromatic carbocycles. The molecule has 200 valence electrons. The van der Waals surface area contributed by atoms with Crippen LogP contribution in [0, 0.1) is 0 Å². The zero-order valence-corrected chi connectivity index (χ0v) is 22.0. The molecular formula is C26H43NO7S. The van der Waals surface area contributed by atoms with Gasteiger partial charge in [-0.15, -0.1) is 0 Å². The molecule has 9 heteroatoms. The van der Waals surface area contributed by atoms with E-state index in [0.717, 1.165) is 25.7 Å². The molecule has 4 atom stereocenters. The number of unbranched alkanes of at least 4 members (excludes halogenated alkanes) is 7. The molecule has 2 aliphatic heterocycles. The number of hydrogen-bond acceptors (Lipinski definition) is 7. The van der Waals surface area contributed by atoms with Crippen molar-refractivity contribution in [3.05, 3.63) is 35.9 Å². The predicted octanol–water partition coefficient (Wildman–Crippen LogP) is 4.83. The maximum absolute atomic E-state index is 12.0. The van der Waals surface area contributed by atoms with E-state index in [1.165, 1.54) is 44.9 Å². The molecular weight excluding hydrogens is 470 g/mol. The fourth-order valence-corrected chi connectivity index (χ4v) is 5.19. The van der Waals surface area contributed by atoms with Crippen LogP contribution in [0.25, 0.3) is 0 Å². The molecule has 35 heavy (non-hydrogen) atoms. The second kappa shape index (κ2) is 15.6. The lowest BCUT2D eigenvalue weighted by Crippen LogP contribution is -2.43. The van der Waals surface area contributed by atoms with Crippen LogP contribution >= 0.6 is 0 Å². The van der Waals surface area contributed by atoms with Gasteiger partial charge in [0.05, 0.1) is 6.61 Å². The van der Waals surface area contributed by atoms with Gasteiger partial charge < -0.3 is 14.7 Å². The van der Waals surface area contributed by atoms with Crippen molar-refractivity contribution in [1.82, 2.24) is 4.90 Å². The second-order valence-corrected chi connectivity index (χ2v) is 10.7. The number of ether oxygens (including phenoxy) is 1. The Bertz CT molecular complexity index is 819. The summed E-state index contributed by atoms with van der Waals surface area (Å²) in [6.07, 6.45) is 12.0. The Balaban J connectivity index is 0.000000260. The smallest absolute Gasteiger partial charge is 0.397 e. The molecule has 0 radical (unpaired) electrons. The van der Waals surface area contributed by atoms with Crippen LogP contribution in [-0.2, 0) is 24.1 Å². The lowest BCUT2D eigenvalue weighted by Gasteiger charge is -2.36. The van der Waals surface area contributed by atoms with E-state index in [2.05, 4.69) is 23.1 Å². The van der Waals surface area contributed by atoms with Crippen molar-refractivity contribution in [2.24, 2.45) is 0 Å². The first-order valence-corrected chi connectivity index (χ1v) is 14.3. The summed E-state index contributed by atoms with van der Waals surface area (Å²) in [4.78, 5) is 14.4. The lowest BCUT2D eigenvalue weighted by molar-refractivity contribution is -0.162. The summed E-state index contributed by atoms with van der Waals surface area (Å²) < 4.78 is 38.3. The van der Waals surface area contributed by atoms with Crippen LogP contribution < -0.4 is 0 Å². The minimum Gasteiger partial charge on any atom is -0.460 e. The van der Waals surface area contributed by atoms with Crippen LogP contribution in [0.3, 0.4) is 0 Å². The molecule has 0 aliphatic carbocycles. The third kappa shape index (κ3) is 11.4. The van der Waals surface area contributed by atoms with Crippen LogP contribution in [-0.4, -0.2) is 60.8 Å². The standard InChI is InChI=1S/C16H21NO3.C10H22O4S/c1-17-12-7-8-13(17)10-14(9-12)20-16(19)15(18)11-5-3-2-4-6-11;1-2-3-4-5-6-7-8-9-10-14-15(11,12)13/h2-6,12-15,18H,7-10H2,1H3;2-10H2,1H3,(H,11,12,13)/t12-,13+,14?,15?;. The first-order valence-electron chi connectivity index (χ1n) is 13.0. The summed E-state index contributed by atoms with van der Waals surface area (Å²) in [5.41, 5.74) is 0.591. The number of rotatable bonds is 13. The average Bonchev–Trinajstić information content (AvgIpc) is 3.03. The van der Waals surface area contributed by atoms with Crippen molar-refractivity contribution < 1.29 is 31.8 Å². The van der Waals surface area contributed by atoms with Crippen LogP contribution in [0.5, 0.6) is 0 Å². The molecule has 2 heterocycles. The molecule has 0 spiro atoms. The SMILES string of the molecule is CCCCCCCCCCOS(=O)(=O)O.CN1[C@@H]2CC[C@H]1CC(OC(=O)C(O)c1ccccc1)C2. The highest BCUT2D eigenvalue weighted by Gasteiger charge is 2.40. The van der Waals surface area contributed by atoms with Gasteiger partial charge in [0.2, 0.25) is 0 Å². The number of benzene rings is 1. The van der Waals surface area contributed by atoms with Crippen molar-refractivity contribution in [2.45, 2.75) is 108 Å². The molecule has 0 saturated carbocycles. The summed E-state index contributed by atoms with van der Waals surface area (Å²) in [7, 11) is -2.08. The van der Waals surface area contributed by atoms with Gasteiger partial charge in [-0.3, -0.25) is 4.55 Å². The van der Waals surface area contributed by atoms with Gasteiger partial charge in [0.25, 0.3) is 0 Å². The predicted molar refractivity (Wildman–Crippen MR) is 135 cm³/mol. The van der Waals surface area contributed by atoms with E-state index in [0.29, 0.717) is 24.1 Å². The van der Waals surface area contributed by atoms with Crippen molar-refractivity contribution in [3.8, 4) is 0 Å². The molecule has 2 fully saturated rings. The van der Waals surface area contributed by atoms with Crippen molar-refractivity contribution >= 4 is 16.4 Å². The molecule has 0 amide bonds. The van der Waals surface area contributed by atoms with Gasteiger partial charge in [0.15, 0.2) is 6.10 Å². The lowest BCUT2D eigenvalue weighted by atomic mass is 10.0. The number of nitrogens with zero attached hydrogens (tertiary/aromatic N) is 1. The number of hydrogen-bond donors (Lipinski definition) is 2. The van der Waals surface area contributed by atoms with E-state index < -0.39 is 22.5 Å². The largest absolute Gasteiger partial charge is 0.460 e. The number of aliphatic hydroxyl groups excluding tert-OH is 1. The number of esters is 1. The van der Waals surface area contributed by atoms with Gasteiger partial charge in [-0.2, -0.15) is 8.42 Å². The summed E-state index contributed by atoms with van der Waals surface area (Å²) in [5, 5.41) is 10.0. The van der Waals surface area contributed by atoms with Crippen molar-refractivity contribution in [1.29, 1.82) is 0 Å². The van der Waals surface area contributed by atoms with E-state index in [1.54, 1.807) is 12.1 Å². The fourth-order valence-electron chi connectivity index (χ4n) is 4.86. The van der Waals surface area contributed by atoms with E-state index in [-0.39, 0.29) is 12.7 Å². The Morgan fingerprint density at radius 1 is 1.00 bits per heavy atom. The highest BCUT2D eigenvalue weighted by atomic mass is 32.3. The Kier molecular flexibility index (Phi) is 13.2. The first-order chi connectivity index (χ1) is 16.7. The molecule has 3 rings (SSSR count). The summed E-state index contributed by atoms with van der Waals surface area (Å²) in [6, 6.07) is 10.0. The maximum atomic E-state index is 12.0. The van der Waals surface area contributed by atoms with Crippen molar-refractivity contribution in [2.75, 3.05) is 13.7 Å². The maximum Gasteiger partial charge on any atom is 0.397 e. The molecule has 2 aliphatic rings. The Morgan fingerprint density at radius 3 is 2.09 bits per heavy atom. The number of carbonyl (C=O) groups is 1. The molecule has 2 saturated heterocycles. The topological polar surface area (TPSA) is 113 Å². The monoisotopic (exact) mass is 513 g/mol. The van der Waals surface area contributed by atoms with Crippen molar-refractivity contribution in [3.63, 3.8) is 0 Å². The van der Waals surface area contributed by atoms with Crippen LogP contribution in [0.1, 0.15) is 95.6 Å². The van der Waals surface area contributed by atoms with Gasteiger partial charge in [0.1, 0.15) is 6.10 Å². The Hall–Kier alpha value is -1.52. The minimum atomic E-state index is -4.23. The van der Waals surface area contributed by atoms with Crippen LogP contribution in [0.15, 0.2) is 30.3 Å². The van der Waals surface area contributed by atoms with E-state index in [1.807, 2.05) is 18.2 Å². The van der Waals surface area contributed by atoms with Gasteiger partial charge in [-0.25, -0.2) is 8.98 Å². The highest BCUT2D eigenvalue weighted by molar-refractivity contribution is 7.80. The van der Waals surface area contributed by atoms with E-state index in [4.69, 9.17) is 9.29 Å². The van der Waals surface area contributed by atoms with E-state index in [9.17, 15) is 18.3 Å². The summed E-state index contributed by atoms with van der Waals surface area (Å²) in [6.45, 7) is 2.28. The summed E-state index contributed by atoms with van der Waals surface area (Å²) >= 11 is 0. The van der Waals surface area contributed by atoms with Gasteiger partial charge in [-0.05, 0) is 44.7 Å². The second-order valence-electron chi connectivity index (χ2n) is 9.62. The van der Waals surface area contributed by atoms with Gasteiger partial charge in [-0.1, -0.05) is 82.2 Å². The number of piperidine rings is 1. The number of aliphatic hydroxyl groups is 1. The molecule has 8 nitrogen and oxygen atoms in total.